The van der Waals surface area contributed by atoms with Crippen molar-refractivity contribution >= 4 is 15.9 Å². The Labute approximate surface area is 122 Å². The van der Waals surface area contributed by atoms with E-state index in [9.17, 15) is 5.11 Å². The molecule has 3 rings (SSSR count). The standard InChI is InChI=1S/C15H20BrNO2/c1-19-13-5-4-11(9-12(13)16)10-15(18)6-8-17-7-2-3-14(15)17/h4-5,9,14,18H,2-3,6-8,10H2,1H3. The summed E-state index contributed by atoms with van der Waals surface area (Å²) in [5.74, 6) is 0.838. The highest BCUT2D eigenvalue weighted by Gasteiger charge is 2.47. The molecule has 3 nitrogen and oxygen atoms in total. The lowest BCUT2D eigenvalue weighted by Crippen LogP contribution is -2.42. The molecule has 1 aromatic rings. The van der Waals surface area contributed by atoms with Crippen molar-refractivity contribution in [2.24, 2.45) is 0 Å². The number of fused-ring (bicyclic) bond motifs is 1. The van der Waals surface area contributed by atoms with Crippen molar-refractivity contribution in [3.63, 3.8) is 0 Å². The summed E-state index contributed by atoms with van der Waals surface area (Å²) in [5.41, 5.74) is 0.619. The van der Waals surface area contributed by atoms with Crippen LogP contribution in [0, 0.1) is 0 Å². The third kappa shape index (κ3) is 2.41. The number of hydrogen-bond acceptors (Lipinski definition) is 3. The van der Waals surface area contributed by atoms with Gasteiger partial charge in [-0.2, -0.15) is 0 Å². The highest BCUT2D eigenvalue weighted by atomic mass is 79.9. The number of methoxy groups -OCH3 is 1. The van der Waals surface area contributed by atoms with E-state index in [1.807, 2.05) is 6.07 Å². The Hall–Kier alpha value is -0.580. The molecule has 2 aliphatic rings. The smallest absolute Gasteiger partial charge is 0.133 e. The molecular formula is C15H20BrNO2. The van der Waals surface area contributed by atoms with Gasteiger partial charge in [-0.3, -0.25) is 4.90 Å². The molecule has 1 N–H and O–H groups in total. The molecule has 104 valence electrons. The third-order valence-electron chi connectivity index (χ3n) is 4.54. The fourth-order valence-electron chi connectivity index (χ4n) is 3.59. The van der Waals surface area contributed by atoms with Crippen LogP contribution < -0.4 is 4.74 Å². The van der Waals surface area contributed by atoms with Crippen molar-refractivity contribution in [1.82, 2.24) is 4.90 Å². The van der Waals surface area contributed by atoms with E-state index in [1.54, 1.807) is 7.11 Å². The Morgan fingerprint density at radius 3 is 3.05 bits per heavy atom. The second-order valence-corrected chi connectivity index (χ2v) is 6.55. The number of ether oxygens (including phenoxy) is 1. The number of hydrogen-bond donors (Lipinski definition) is 1. The van der Waals surface area contributed by atoms with Crippen LogP contribution in [0.15, 0.2) is 22.7 Å². The number of benzene rings is 1. The molecule has 1 aromatic carbocycles. The maximum absolute atomic E-state index is 10.9. The van der Waals surface area contributed by atoms with Crippen LogP contribution in [0.1, 0.15) is 24.8 Å². The zero-order valence-corrected chi connectivity index (χ0v) is 12.8. The molecule has 2 aliphatic heterocycles. The number of aliphatic hydroxyl groups is 1. The first-order valence-corrected chi connectivity index (χ1v) is 7.70. The molecule has 2 heterocycles. The van der Waals surface area contributed by atoms with Gasteiger partial charge in [0.15, 0.2) is 0 Å². The highest BCUT2D eigenvalue weighted by Crippen LogP contribution is 2.38. The average molecular weight is 326 g/mol. The normalized spacial score (nSPS) is 30.6. The van der Waals surface area contributed by atoms with Crippen LogP contribution in [0.5, 0.6) is 5.75 Å². The van der Waals surface area contributed by atoms with Crippen LogP contribution in [0.2, 0.25) is 0 Å². The molecule has 2 unspecified atom stereocenters. The molecule has 0 spiro atoms. The molecule has 0 amide bonds. The molecule has 0 radical (unpaired) electrons. The van der Waals surface area contributed by atoms with Crippen LogP contribution in [0.25, 0.3) is 0 Å². The monoisotopic (exact) mass is 325 g/mol. The van der Waals surface area contributed by atoms with E-state index in [-0.39, 0.29) is 0 Å². The van der Waals surface area contributed by atoms with Gasteiger partial charge in [-0.15, -0.1) is 0 Å². The second-order valence-electron chi connectivity index (χ2n) is 5.69. The molecule has 19 heavy (non-hydrogen) atoms. The topological polar surface area (TPSA) is 32.7 Å². The summed E-state index contributed by atoms with van der Waals surface area (Å²) in [7, 11) is 1.67. The average Bonchev–Trinajstić information content (AvgIpc) is 2.95. The SMILES string of the molecule is COc1ccc(CC2(O)CCN3CCCC32)cc1Br. The number of rotatable bonds is 3. The largest absolute Gasteiger partial charge is 0.496 e. The van der Waals surface area contributed by atoms with E-state index in [0.717, 1.165) is 42.6 Å². The molecule has 0 aliphatic carbocycles. The van der Waals surface area contributed by atoms with Crippen molar-refractivity contribution in [2.45, 2.75) is 37.3 Å². The van der Waals surface area contributed by atoms with Crippen molar-refractivity contribution in [2.75, 3.05) is 20.2 Å². The van der Waals surface area contributed by atoms with Gasteiger partial charge in [-0.05, 0) is 59.4 Å². The second kappa shape index (κ2) is 5.08. The lowest BCUT2D eigenvalue weighted by atomic mass is 9.86. The summed E-state index contributed by atoms with van der Waals surface area (Å²) in [5, 5.41) is 10.9. The predicted octanol–water partition coefficient (Wildman–Crippen LogP) is 2.60. The summed E-state index contributed by atoms with van der Waals surface area (Å²) in [4.78, 5) is 2.44. The summed E-state index contributed by atoms with van der Waals surface area (Å²) < 4.78 is 6.20. The van der Waals surface area contributed by atoms with Crippen molar-refractivity contribution in [1.29, 1.82) is 0 Å². The minimum absolute atomic E-state index is 0.355. The fraction of sp³-hybridized carbons (Fsp3) is 0.600. The molecule has 2 saturated heterocycles. The van der Waals surface area contributed by atoms with Crippen LogP contribution in [0.4, 0.5) is 0 Å². The van der Waals surface area contributed by atoms with Crippen molar-refractivity contribution in [3.8, 4) is 5.75 Å². The number of nitrogens with zero attached hydrogens (tertiary/aromatic N) is 1. The maximum Gasteiger partial charge on any atom is 0.133 e. The molecule has 0 bridgehead atoms. The van der Waals surface area contributed by atoms with Crippen LogP contribution >= 0.6 is 15.9 Å². The van der Waals surface area contributed by atoms with E-state index >= 15 is 0 Å². The van der Waals surface area contributed by atoms with Gasteiger partial charge in [0.25, 0.3) is 0 Å². The lowest BCUT2D eigenvalue weighted by molar-refractivity contribution is 0.0141. The van der Waals surface area contributed by atoms with Crippen LogP contribution in [-0.2, 0) is 6.42 Å². The highest BCUT2D eigenvalue weighted by molar-refractivity contribution is 9.10. The van der Waals surface area contributed by atoms with Gasteiger partial charge in [-0.25, -0.2) is 0 Å². The minimum atomic E-state index is -0.551. The van der Waals surface area contributed by atoms with E-state index < -0.39 is 5.60 Å². The third-order valence-corrected chi connectivity index (χ3v) is 5.16. The van der Waals surface area contributed by atoms with Gasteiger partial charge >= 0.3 is 0 Å². The molecule has 4 heteroatoms. The maximum atomic E-state index is 10.9. The quantitative estimate of drug-likeness (QED) is 0.927. The van der Waals surface area contributed by atoms with E-state index in [4.69, 9.17) is 4.74 Å². The minimum Gasteiger partial charge on any atom is -0.496 e. The fourth-order valence-corrected chi connectivity index (χ4v) is 4.17. The first-order valence-electron chi connectivity index (χ1n) is 6.91. The molecule has 0 saturated carbocycles. The Morgan fingerprint density at radius 1 is 1.47 bits per heavy atom. The number of halogens is 1. The van der Waals surface area contributed by atoms with Gasteiger partial charge in [0.05, 0.1) is 17.2 Å². The molecule has 2 fully saturated rings. The Kier molecular flexibility index (Phi) is 3.58. The van der Waals surface area contributed by atoms with Crippen molar-refractivity contribution in [3.05, 3.63) is 28.2 Å². The zero-order valence-electron chi connectivity index (χ0n) is 11.2. The van der Waals surface area contributed by atoms with Gasteiger partial charge in [0.1, 0.15) is 5.75 Å². The van der Waals surface area contributed by atoms with E-state index in [0.29, 0.717) is 6.04 Å². The summed E-state index contributed by atoms with van der Waals surface area (Å²) in [6, 6.07) is 6.44. The van der Waals surface area contributed by atoms with Gasteiger partial charge in [0.2, 0.25) is 0 Å². The van der Waals surface area contributed by atoms with Crippen LogP contribution in [-0.4, -0.2) is 41.8 Å². The predicted molar refractivity (Wildman–Crippen MR) is 78.6 cm³/mol. The Morgan fingerprint density at radius 2 is 2.32 bits per heavy atom. The summed E-state index contributed by atoms with van der Waals surface area (Å²) in [6.45, 7) is 2.19. The van der Waals surface area contributed by atoms with Gasteiger partial charge < -0.3 is 9.84 Å². The molecule has 2 atom stereocenters. The summed E-state index contributed by atoms with van der Waals surface area (Å²) in [6.07, 6.45) is 3.98. The first kappa shape index (κ1) is 13.4. The summed E-state index contributed by atoms with van der Waals surface area (Å²) >= 11 is 3.51. The van der Waals surface area contributed by atoms with Gasteiger partial charge in [0, 0.05) is 19.0 Å². The van der Waals surface area contributed by atoms with E-state index in [1.165, 1.54) is 12.0 Å². The Bertz CT molecular complexity index is 479. The molecular weight excluding hydrogens is 306 g/mol. The lowest BCUT2D eigenvalue weighted by Gasteiger charge is -2.30. The van der Waals surface area contributed by atoms with Crippen LogP contribution in [0.3, 0.4) is 0 Å². The van der Waals surface area contributed by atoms with Crippen molar-refractivity contribution < 1.29 is 9.84 Å². The first-order chi connectivity index (χ1) is 9.12. The zero-order chi connectivity index (χ0) is 13.5. The molecule has 0 aromatic heterocycles. The van der Waals surface area contributed by atoms with E-state index in [2.05, 4.69) is 33.0 Å². The van der Waals surface area contributed by atoms with Gasteiger partial charge in [-0.1, -0.05) is 6.07 Å². The Balaban J connectivity index is 1.79.